The number of hydrogen-bond donors (Lipinski definition) is 2. The Labute approximate surface area is 119 Å². The van der Waals surface area contributed by atoms with Gasteiger partial charge in [-0.3, -0.25) is 19.6 Å². The number of nitro groups is 1. The van der Waals surface area contributed by atoms with Gasteiger partial charge in [0.05, 0.1) is 4.92 Å². The fourth-order valence-corrected chi connectivity index (χ4v) is 2.14. The number of halogens is 3. The lowest BCUT2D eigenvalue weighted by Gasteiger charge is -2.10. The maximum atomic E-state index is 12.3. The first-order valence-corrected chi connectivity index (χ1v) is 6.90. The summed E-state index contributed by atoms with van der Waals surface area (Å²) in [4.78, 5) is 23.6. The molecule has 12 heteroatoms. The van der Waals surface area contributed by atoms with Crippen LogP contribution < -0.4 is 10.3 Å². The first-order valence-electron chi connectivity index (χ1n) is 5.42. The number of nitrogens with zero attached hydrogens (tertiary/aromatic N) is 1. The molecule has 118 valence electrons. The van der Waals surface area contributed by atoms with E-state index < -0.39 is 31.7 Å². The molecule has 1 heterocycles. The molecular weight excluding hydrogens is 331 g/mol. The number of alkyl halides is 3. The van der Waals surface area contributed by atoms with E-state index in [4.69, 9.17) is 0 Å². The molecular formula is C10H6F3N3O5S. The van der Waals surface area contributed by atoms with Crippen molar-refractivity contribution in [3.05, 3.63) is 44.7 Å². The standard InChI is InChI=1S/C10H6F3N3O5S/c11-10(12,13)22(20,21)15-8-4-5-3-6(16(18)19)1-2-7(5)14-9(8)17/h1-4,15H,(H,14,17). The van der Waals surface area contributed by atoms with Gasteiger partial charge in [-0.1, -0.05) is 0 Å². The zero-order valence-electron chi connectivity index (χ0n) is 10.3. The highest BCUT2D eigenvalue weighted by molar-refractivity contribution is 7.93. The first-order chi connectivity index (χ1) is 10.0. The number of aromatic amines is 1. The van der Waals surface area contributed by atoms with Crippen LogP contribution in [-0.4, -0.2) is 23.8 Å². The molecule has 2 rings (SSSR count). The summed E-state index contributed by atoms with van der Waals surface area (Å²) in [7, 11) is -5.77. The van der Waals surface area contributed by atoms with Gasteiger partial charge in [0, 0.05) is 23.0 Å². The summed E-state index contributed by atoms with van der Waals surface area (Å²) in [5.41, 5.74) is -7.88. The monoisotopic (exact) mass is 337 g/mol. The fourth-order valence-electron chi connectivity index (χ4n) is 1.59. The SMILES string of the molecule is O=c1[nH]c2ccc([N+](=O)[O-])cc2cc1NS(=O)(=O)C(F)(F)F. The zero-order chi connectivity index (χ0) is 16.7. The first kappa shape index (κ1) is 15.8. The van der Waals surface area contributed by atoms with Gasteiger partial charge >= 0.3 is 15.5 Å². The zero-order valence-corrected chi connectivity index (χ0v) is 11.2. The predicted octanol–water partition coefficient (Wildman–Crippen LogP) is 1.70. The molecule has 1 aromatic carbocycles. The highest BCUT2D eigenvalue weighted by Gasteiger charge is 2.46. The number of fused-ring (bicyclic) bond motifs is 1. The van der Waals surface area contributed by atoms with Gasteiger partial charge < -0.3 is 4.98 Å². The number of rotatable bonds is 3. The summed E-state index contributed by atoms with van der Waals surface area (Å²) < 4.78 is 59.9. The van der Waals surface area contributed by atoms with Gasteiger partial charge in [0.15, 0.2) is 0 Å². The molecule has 22 heavy (non-hydrogen) atoms. The second-order valence-corrected chi connectivity index (χ2v) is 5.77. The molecule has 0 fully saturated rings. The van der Waals surface area contributed by atoms with Crippen molar-refractivity contribution in [2.24, 2.45) is 0 Å². The number of nitro benzene ring substituents is 1. The molecule has 0 radical (unpaired) electrons. The molecule has 0 aliphatic rings. The summed E-state index contributed by atoms with van der Waals surface area (Å²) in [5.74, 6) is 0. The maximum Gasteiger partial charge on any atom is 0.516 e. The molecule has 0 unspecified atom stereocenters. The van der Waals surface area contributed by atoms with Crippen LogP contribution >= 0.6 is 0 Å². The molecule has 0 amide bonds. The average Bonchev–Trinajstić information content (AvgIpc) is 2.37. The van der Waals surface area contributed by atoms with Gasteiger partial charge in [0.1, 0.15) is 5.69 Å². The van der Waals surface area contributed by atoms with E-state index in [2.05, 4.69) is 4.98 Å². The van der Waals surface area contributed by atoms with Crippen LogP contribution in [0.3, 0.4) is 0 Å². The van der Waals surface area contributed by atoms with Gasteiger partial charge in [0.25, 0.3) is 11.2 Å². The Morgan fingerprint density at radius 1 is 1.23 bits per heavy atom. The third-order valence-corrected chi connectivity index (χ3v) is 3.69. The Balaban J connectivity index is 2.58. The summed E-state index contributed by atoms with van der Waals surface area (Å²) in [5, 5.41) is 10.6. The molecule has 0 aliphatic heterocycles. The number of H-pyrrole nitrogens is 1. The molecule has 0 bridgehead atoms. The van der Waals surface area contributed by atoms with E-state index in [1.807, 2.05) is 0 Å². The Morgan fingerprint density at radius 2 is 1.86 bits per heavy atom. The minimum absolute atomic E-state index is 0.00586. The van der Waals surface area contributed by atoms with E-state index in [-0.39, 0.29) is 16.6 Å². The smallest absolute Gasteiger partial charge is 0.320 e. The van der Waals surface area contributed by atoms with Gasteiger partial charge in [-0.05, 0) is 12.1 Å². The summed E-state index contributed by atoms with van der Waals surface area (Å²) in [6.45, 7) is 0. The van der Waals surface area contributed by atoms with E-state index >= 15 is 0 Å². The van der Waals surface area contributed by atoms with Crippen LogP contribution in [0.15, 0.2) is 29.1 Å². The average molecular weight is 337 g/mol. The predicted molar refractivity (Wildman–Crippen MR) is 69.8 cm³/mol. The number of non-ortho nitro benzene ring substituents is 1. The third-order valence-electron chi connectivity index (χ3n) is 2.59. The second kappa shape index (κ2) is 4.98. The van der Waals surface area contributed by atoms with Gasteiger partial charge in [-0.2, -0.15) is 21.6 Å². The largest absolute Gasteiger partial charge is 0.516 e. The Morgan fingerprint density at radius 3 is 2.41 bits per heavy atom. The van der Waals surface area contributed by atoms with E-state index in [0.29, 0.717) is 0 Å². The maximum absolute atomic E-state index is 12.3. The molecule has 1 aromatic heterocycles. The molecule has 0 saturated carbocycles. The quantitative estimate of drug-likeness (QED) is 0.652. The van der Waals surface area contributed by atoms with E-state index in [9.17, 15) is 36.5 Å². The molecule has 0 spiro atoms. The lowest BCUT2D eigenvalue weighted by Crippen LogP contribution is -2.32. The number of aromatic nitrogens is 1. The van der Waals surface area contributed by atoms with Gasteiger partial charge in [-0.15, -0.1) is 0 Å². The Hall–Kier alpha value is -2.63. The van der Waals surface area contributed by atoms with Gasteiger partial charge in [-0.25, -0.2) is 0 Å². The van der Waals surface area contributed by atoms with Crippen LogP contribution in [0, 0.1) is 10.1 Å². The van der Waals surface area contributed by atoms with E-state index in [1.54, 1.807) is 0 Å². The van der Waals surface area contributed by atoms with Crippen LogP contribution in [0.5, 0.6) is 0 Å². The van der Waals surface area contributed by atoms with Crippen molar-refractivity contribution in [3.63, 3.8) is 0 Å². The molecule has 8 nitrogen and oxygen atoms in total. The van der Waals surface area contributed by atoms with Crippen molar-refractivity contribution in [2.75, 3.05) is 4.72 Å². The minimum Gasteiger partial charge on any atom is -0.320 e. The number of anilines is 1. The fraction of sp³-hybridized carbons (Fsp3) is 0.100. The number of hydrogen-bond acceptors (Lipinski definition) is 5. The molecule has 2 N–H and O–H groups in total. The van der Waals surface area contributed by atoms with Crippen molar-refractivity contribution in [2.45, 2.75) is 5.51 Å². The summed E-state index contributed by atoms with van der Waals surface area (Å²) in [6.07, 6.45) is 0. The highest BCUT2D eigenvalue weighted by atomic mass is 32.2. The van der Waals surface area contributed by atoms with Gasteiger partial charge in [0.2, 0.25) is 0 Å². The lowest BCUT2D eigenvalue weighted by molar-refractivity contribution is -0.384. The van der Waals surface area contributed by atoms with Crippen molar-refractivity contribution in [1.29, 1.82) is 0 Å². The van der Waals surface area contributed by atoms with E-state index in [1.165, 1.54) is 6.07 Å². The normalized spacial score (nSPS) is 12.3. The molecule has 0 aliphatic carbocycles. The molecule has 0 saturated heterocycles. The van der Waals surface area contributed by atoms with Crippen molar-refractivity contribution >= 4 is 32.3 Å². The van der Waals surface area contributed by atoms with Crippen molar-refractivity contribution in [1.82, 2.24) is 4.98 Å². The van der Waals surface area contributed by atoms with Crippen LogP contribution in [0.2, 0.25) is 0 Å². The van der Waals surface area contributed by atoms with Crippen LogP contribution in [-0.2, 0) is 10.0 Å². The topological polar surface area (TPSA) is 122 Å². The highest BCUT2D eigenvalue weighted by Crippen LogP contribution is 2.26. The number of nitrogens with one attached hydrogen (secondary N) is 2. The molecule has 2 aromatic rings. The minimum atomic E-state index is -5.77. The number of pyridine rings is 1. The third kappa shape index (κ3) is 2.86. The van der Waals surface area contributed by atoms with Crippen molar-refractivity contribution in [3.8, 4) is 0 Å². The molecule has 0 atom stereocenters. The van der Waals surface area contributed by atoms with E-state index in [0.717, 1.165) is 22.9 Å². The Kier molecular flexibility index (Phi) is 3.56. The van der Waals surface area contributed by atoms with Crippen LogP contribution in [0.25, 0.3) is 10.9 Å². The number of benzene rings is 1. The summed E-state index contributed by atoms with van der Waals surface area (Å²) >= 11 is 0. The van der Waals surface area contributed by atoms with Crippen LogP contribution in [0.4, 0.5) is 24.5 Å². The number of sulfonamides is 1. The van der Waals surface area contributed by atoms with Crippen molar-refractivity contribution < 1.29 is 26.5 Å². The second-order valence-electron chi connectivity index (χ2n) is 4.09. The summed E-state index contributed by atoms with van der Waals surface area (Å²) in [6, 6.07) is 4.02. The lowest BCUT2D eigenvalue weighted by atomic mass is 10.2. The Bertz CT molecular complexity index is 920. The van der Waals surface area contributed by atoms with Crippen LogP contribution in [0.1, 0.15) is 0 Å².